The van der Waals surface area contributed by atoms with E-state index in [1.165, 1.54) is 22.7 Å². The zero-order valence-corrected chi connectivity index (χ0v) is 8.38. The molecule has 3 nitrogen and oxygen atoms in total. The number of carbonyl (C=O) groups is 1. The number of aromatic nitrogens is 2. The molecule has 0 aliphatic heterocycles. The fourth-order valence-corrected chi connectivity index (χ4v) is 1.39. The molecule has 0 radical (unpaired) electrons. The number of hydrogen-bond donors (Lipinski definition) is 0. The Hall–Kier alpha value is -1.56. The van der Waals surface area contributed by atoms with Gasteiger partial charge in [-0.15, -0.1) is 0 Å². The van der Waals surface area contributed by atoms with E-state index in [1.54, 1.807) is 0 Å². The molecule has 0 spiro atoms. The van der Waals surface area contributed by atoms with Crippen LogP contribution in [0.4, 0.5) is 13.2 Å². The molecule has 2 aromatic rings. The summed E-state index contributed by atoms with van der Waals surface area (Å²) in [6.45, 7) is 0. The van der Waals surface area contributed by atoms with E-state index in [0.717, 1.165) is 6.20 Å². The predicted molar refractivity (Wildman–Crippen MR) is 50.6 cm³/mol. The zero-order valence-electron chi connectivity index (χ0n) is 7.62. The highest BCUT2D eigenvalue weighted by Gasteiger charge is 2.40. The fraction of sp³-hybridized carbons (Fsp3) is 0.111. The Balaban J connectivity index is 2.52. The maximum atomic E-state index is 12.1. The quantitative estimate of drug-likeness (QED) is 0.727. The highest BCUT2D eigenvalue weighted by atomic mass is 35.5. The minimum absolute atomic E-state index is 0.233. The summed E-state index contributed by atoms with van der Waals surface area (Å²) in [6.07, 6.45) is -2.55. The molecule has 84 valence electrons. The molecule has 0 bridgehead atoms. The topological polar surface area (TPSA) is 34.4 Å². The summed E-state index contributed by atoms with van der Waals surface area (Å²) in [5, 5.41) is 0.343. The van der Waals surface area contributed by atoms with Crippen LogP contribution < -0.4 is 0 Å². The van der Waals surface area contributed by atoms with Gasteiger partial charge in [0.25, 0.3) is 5.78 Å². The molecule has 0 aliphatic carbocycles. The first-order valence-corrected chi connectivity index (χ1v) is 4.51. The van der Waals surface area contributed by atoms with Crippen LogP contribution in [0.25, 0.3) is 5.65 Å². The Morgan fingerprint density at radius 3 is 2.62 bits per heavy atom. The van der Waals surface area contributed by atoms with Crippen molar-refractivity contribution < 1.29 is 18.0 Å². The Morgan fingerprint density at radius 1 is 1.31 bits per heavy atom. The van der Waals surface area contributed by atoms with Crippen LogP contribution in [-0.2, 0) is 0 Å². The lowest BCUT2D eigenvalue weighted by Crippen LogP contribution is -2.22. The van der Waals surface area contributed by atoms with Crippen LogP contribution in [0.5, 0.6) is 0 Å². The highest BCUT2D eigenvalue weighted by molar-refractivity contribution is 6.30. The largest absolute Gasteiger partial charge is 0.456 e. The summed E-state index contributed by atoms with van der Waals surface area (Å²) in [4.78, 5) is 14.4. The molecule has 2 heterocycles. The van der Waals surface area contributed by atoms with Crippen molar-refractivity contribution in [2.75, 3.05) is 0 Å². The maximum Gasteiger partial charge on any atom is 0.456 e. The number of pyridine rings is 1. The van der Waals surface area contributed by atoms with Gasteiger partial charge in [0, 0.05) is 12.4 Å². The van der Waals surface area contributed by atoms with Crippen molar-refractivity contribution in [1.29, 1.82) is 0 Å². The van der Waals surface area contributed by atoms with Gasteiger partial charge in [0.05, 0.1) is 5.02 Å². The van der Waals surface area contributed by atoms with Crippen molar-refractivity contribution in [3.05, 3.63) is 35.2 Å². The number of Topliss-reactive ketones (excluding diaryl/α,β-unsaturated/α-hetero) is 1. The van der Waals surface area contributed by atoms with Crippen LogP contribution in [0.3, 0.4) is 0 Å². The van der Waals surface area contributed by atoms with Gasteiger partial charge >= 0.3 is 6.18 Å². The fourth-order valence-electron chi connectivity index (χ4n) is 1.22. The number of nitrogens with zero attached hydrogens (tertiary/aromatic N) is 2. The summed E-state index contributed by atoms with van der Waals surface area (Å²) in [7, 11) is 0. The second-order valence-electron chi connectivity index (χ2n) is 3.07. The normalized spacial score (nSPS) is 12.0. The number of alkyl halides is 3. The van der Waals surface area contributed by atoms with Crippen molar-refractivity contribution in [3.8, 4) is 0 Å². The number of hydrogen-bond acceptors (Lipinski definition) is 2. The lowest BCUT2D eigenvalue weighted by molar-refractivity contribution is -0.0887. The lowest BCUT2D eigenvalue weighted by atomic mass is 10.3. The average molecular weight is 249 g/mol. The molecule has 0 saturated heterocycles. The van der Waals surface area contributed by atoms with E-state index in [1.807, 2.05) is 0 Å². The summed E-state index contributed by atoms with van der Waals surface area (Å²) < 4.78 is 37.6. The monoisotopic (exact) mass is 248 g/mol. The Bertz CT molecular complexity index is 561. The minimum atomic E-state index is -4.91. The van der Waals surface area contributed by atoms with Crippen molar-refractivity contribution in [3.63, 3.8) is 0 Å². The van der Waals surface area contributed by atoms with E-state index in [0.29, 0.717) is 5.02 Å². The van der Waals surface area contributed by atoms with Gasteiger partial charge in [-0.1, -0.05) is 11.6 Å². The van der Waals surface area contributed by atoms with Gasteiger partial charge in [0.2, 0.25) is 0 Å². The van der Waals surface area contributed by atoms with Crippen LogP contribution in [0.2, 0.25) is 5.02 Å². The molecule has 0 saturated carbocycles. The molecule has 0 N–H and O–H groups in total. The van der Waals surface area contributed by atoms with Gasteiger partial charge < -0.3 is 4.40 Å². The second-order valence-corrected chi connectivity index (χ2v) is 3.50. The first-order valence-electron chi connectivity index (χ1n) is 4.14. The molecule has 0 aromatic carbocycles. The number of ketones is 1. The van der Waals surface area contributed by atoms with Crippen molar-refractivity contribution in [1.82, 2.24) is 9.38 Å². The van der Waals surface area contributed by atoms with Crippen LogP contribution in [0.15, 0.2) is 24.5 Å². The molecule has 0 fully saturated rings. The number of fused-ring (bicyclic) bond motifs is 1. The molecular formula is C9H4ClF3N2O. The smallest absolute Gasteiger partial charge is 0.305 e. The maximum absolute atomic E-state index is 12.1. The van der Waals surface area contributed by atoms with Crippen molar-refractivity contribution in [2.45, 2.75) is 6.18 Å². The van der Waals surface area contributed by atoms with Gasteiger partial charge in [-0.2, -0.15) is 13.2 Å². The third-order valence-electron chi connectivity index (χ3n) is 1.91. The molecule has 2 aromatic heterocycles. The first-order chi connectivity index (χ1) is 7.38. The van der Waals surface area contributed by atoms with Crippen LogP contribution >= 0.6 is 11.6 Å². The summed E-state index contributed by atoms with van der Waals surface area (Å²) in [5.74, 6) is -1.97. The molecule has 2 rings (SSSR count). The Kier molecular flexibility index (Phi) is 2.38. The predicted octanol–water partition coefficient (Wildman–Crippen LogP) is 2.73. The van der Waals surface area contributed by atoms with Crippen molar-refractivity contribution >= 4 is 23.0 Å². The van der Waals surface area contributed by atoms with Crippen LogP contribution in [0.1, 0.15) is 10.5 Å². The minimum Gasteiger partial charge on any atom is -0.305 e. The molecule has 0 aliphatic rings. The van der Waals surface area contributed by atoms with E-state index < -0.39 is 17.7 Å². The third kappa shape index (κ3) is 1.88. The van der Waals surface area contributed by atoms with Crippen LogP contribution in [-0.4, -0.2) is 21.3 Å². The van der Waals surface area contributed by atoms with E-state index in [9.17, 15) is 18.0 Å². The molecule has 0 unspecified atom stereocenters. The van der Waals surface area contributed by atoms with Gasteiger partial charge in [-0.05, 0) is 12.1 Å². The van der Waals surface area contributed by atoms with Gasteiger partial charge in [-0.3, -0.25) is 4.79 Å². The molecule has 16 heavy (non-hydrogen) atoms. The van der Waals surface area contributed by atoms with E-state index in [-0.39, 0.29) is 5.65 Å². The summed E-state index contributed by atoms with van der Waals surface area (Å²) in [6, 6.07) is 2.90. The van der Waals surface area contributed by atoms with E-state index in [4.69, 9.17) is 11.6 Å². The molecule has 0 atom stereocenters. The molecule has 0 amide bonds. The number of halogens is 4. The number of rotatable bonds is 1. The Labute approximate surface area is 92.5 Å². The van der Waals surface area contributed by atoms with Gasteiger partial charge in [0.15, 0.2) is 0 Å². The third-order valence-corrected chi connectivity index (χ3v) is 2.13. The van der Waals surface area contributed by atoms with E-state index >= 15 is 0 Å². The van der Waals surface area contributed by atoms with Crippen molar-refractivity contribution in [2.24, 2.45) is 0 Å². The number of carbonyl (C=O) groups excluding carboxylic acids is 1. The van der Waals surface area contributed by atoms with Crippen LogP contribution in [0, 0.1) is 0 Å². The summed E-state index contributed by atoms with van der Waals surface area (Å²) in [5.41, 5.74) is -0.410. The standard InChI is InChI=1S/C9H4ClF3N2O/c10-5-1-2-7-14-6(4-15(7)3-5)8(16)9(11,12)13/h1-4H. The zero-order chi connectivity index (χ0) is 11.9. The lowest BCUT2D eigenvalue weighted by Gasteiger charge is -2.00. The SMILES string of the molecule is O=C(c1cn2cc(Cl)ccc2n1)C(F)(F)F. The van der Waals surface area contributed by atoms with E-state index in [2.05, 4.69) is 4.98 Å². The van der Waals surface area contributed by atoms with Gasteiger partial charge in [-0.25, -0.2) is 4.98 Å². The summed E-state index contributed by atoms with van der Waals surface area (Å²) >= 11 is 5.64. The second kappa shape index (κ2) is 3.48. The molecule has 7 heteroatoms. The van der Waals surface area contributed by atoms with Gasteiger partial charge in [0.1, 0.15) is 11.3 Å². The molecular weight excluding hydrogens is 245 g/mol. The highest BCUT2D eigenvalue weighted by Crippen LogP contribution is 2.21. The first kappa shape index (κ1) is 10.9. The average Bonchev–Trinajstić information content (AvgIpc) is 2.57. The number of imidazole rings is 1. The Morgan fingerprint density at radius 2 is 2.00 bits per heavy atom.